The summed E-state index contributed by atoms with van der Waals surface area (Å²) in [7, 11) is 0. The van der Waals surface area contributed by atoms with E-state index in [1.807, 2.05) is 48.5 Å². The van der Waals surface area contributed by atoms with E-state index in [0.717, 1.165) is 35.7 Å². The molecule has 4 aromatic rings. The molecule has 4 rings (SSSR count). The van der Waals surface area contributed by atoms with Gasteiger partial charge >= 0.3 is 0 Å². The molecule has 0 aliphatic rings. The van der Waals surface area contributed by atoms with E-state index in [-0.39, 0.29) is 0 Å². The molecule has 0 amide bonds. The molecule has 4 heteroatoms. The lowest BCUT2D eigenvalue weighted by molar-refractivity contribution is 1.000. The van der Waals surface area contributed by atoms with E-state index in [9.17, 15) is 0 Å². The highest BCUT2D eigenvalue weighted by molar-refractivity contribution is 5.66. The van der Waals surface area contributed by atoms with Crippen LogP contribution in [0.1, 0.15) is 5.56 Å². The van der Waals surface area contributed by atoms with E-state index in [1.165, 1.54) is 5.56 Å². The first kappa shape index (κ1) is 16.9. The fraction of sp³-hybridized carbons (Fsp3) is 0.0870. The average Bonchev–Trinajstić information content (AvgIpc) is 2.76. The Labute approximate surface area is 159 Å². The molecule has 2 heterocycles. The highest BCUT2D eigenvalue weighted by Crippen LogP contribution is 2.23. The topological polar surface area (TPSA) is 50.7 Å². The fourth-order valence-corrected chi connectivity index (χ4v) is 2.88. The van der Waals surface area contributed by atoms with Crippen molar-refractivity contribution in [1.82, 2.24) is 15.0 Å². The second-order valence-electron chi connectivity index (χ2n) is 6.21. The highest BCUT2D eigenvalue weighted by atomic mass is 15.0. The molecule has 0 radical (unpaired) electrons. The van der Waals surface area contributed by atoms with E-state index in [4.69, 9.17) is 4.98 Å². The van der Waals surface area contributed by atoms with E-state index < -0.39 is 0 Å². The van der Waals surface area contributed by atoms with Gasteiger partial charge in [-0.05, 0) is 24.1 Å². The summed E-state index contributed by atoms with van der Waals surface area (Å²) in [6.45, 7) is 0.802. The maximum absolute atomic E-state index is 4.73. The molecule has 2 aromatic carbocycles. The highest BCUT2D eigenvalue weighted by Gasteiger charge is 2.09. The fourth-order valence-electron chi connectivity index (χ4n) is 2.88. The van der Waals surface area contributed by atoms with Crippen LogP contribution in [0.2, 0.25) is 0 Å². The third-order valence-electron chi connectivity index (χ3n) is 4.25. The summed E-state index contributed by atoms with van der Waals surface area (Å²) in [5, 5.41) is 3.43. The number of hydrogen-bond donors (Lipinski definition) is 1. The number of anilines is 1. The van der Waals surface area contributed by atoms with Gasteiger partial charge in [0.15, 0.2) is 5.82 Å². The Morgan fingerprint density at radius 1 is 0.704 bits per heavy atom. The van der Waals surface area contributed by atoms with E-state index >= 15 is 0 Å². The molecule has 0 aliphatic heterocycles. The molecule has 0 bridgehead atoms. The van der Waals surface area contributed by atoms with Crippen LogP contribution in [0.3, 0.4) is 0 Å². The molecule has 0 fully saturated rings. The van der Waals surface area contributed by atoms with Crippen molar-refractivity contribution in [2.75, 3.05) is 11.9 Å². The minimum atomic E-state index is 0.624. The molecule has 0 atom stereocenters. The molecular weight excluding hydrogens is 332 g/mol. The lowest BCUT2D eigenvalue weighted by Gasteiger charge is -2.10. The van der Waals surface area contributed by atoms with Gasteiger partial charge in [0.25, 0.3) is 0 Å². The molecular formula is C23H20N4. The molecule has 0 saturated carbocycles. The first-order chi connectivity index (χ1) is 13.4. The van der Waals surface area contributed by atoms with Gasteiger partial charge in [0.2, 0.25) is 0 Å². The summed E-state index contributed by atoms with van der Waals surface area (Å²) < 4.78 is 0. The summed E-state index contributed by atoms with van der Waals surface area (Å²) in [6.07, 6.45) is 2.70. The Bertz CT molecular complexity index is 929. The van der Waals surface area contributed by atoms with Crippen molar-refractivity contribution in [3.05, 3.63) is 96.7 Å². The number of aromatic nitrogens is 3. The first-order valence-corrected chi connectivity index (χ1v) is 9.02. The van der Waals surface area contributed by atoms with Crippen LogP contribution < -0.4 is 5.32 Å². The van der Waals surface area contributed by atoms with Crippen LogP contribution in [-0.4, -0.2) is 21.5 Å². The predicted octanol–water partition coefficient (Wildman–Crippen LogP) is 4.86. The van der Waals surface area contributed by atoms with Gasteiger partial charge in [-0.3, -0.25) is 4.98 Å². The van der Waals surface area contributed by atoms with E-state index in [2.05, 4.69) is 51.7 Å². The van der Waals surface area contributed by atoms with Crippen LogP contribution in [0.4, 0.5) is 5.82 Å². The van der Waals surface area contributed by atoms with Crippen LogP contribution in [0.15, 0.2) is 91.1 Å². The predicted molar refractivity (Wildman–Crippen MR) is 109 cm³/mol. The molecule has 0 spiro atoms. The quantitative estimate of drug-likeness (QED) is 0.538. The monoisotopic (exact) mass is 352 g/mol. The number of hydrogen-bond acceptors (Lipinski definition) is 4. The zero-order chi connectivity index (χ0) is 18.3. The number of pyridine rings is 1. The minimum Gasteiger partial charge on any atom is -0.370 e. The van der Waals surface area contributed by atoms with Crippen molar-refractivity contribution < 1.29 is 0 Å². The maximum atomic E-state index is 4.73. The van der Waals surface area contributed by atoms with Gasteiger partial charge in [-0.2, -0.15) is 0 Å². The smallest absolute Gasteiger partial charge is 0.180 e. The second-order valence-corrected chi connectivity index (χ2v) is 6.21. The van der Waals surface area contributed by atoms with Crippen molar-refractivity contribution in [2.45, 2.75) is 6.42 Å². The molecule has 4 nitrogen and oxygen atoms in total. The normalized spacial score (nSPS) is 10.5. The van der Waals surface area contributed by atoms with Gasteiger partial charge in [-0.1, -0.05) is 66.7 Å². The van der Waals surface area contributed by atoms with Crippen molar-refractivity contribution in [1.29, 1.82) is 0 Å². The Kier molecular flexibility index (Phi) is 5.16. The van der Waals surface area contributed by atoms with E-state index in [0.29, 0.717) is 5.82 Å². The minimum absolute atomic E-state index is 0.624. The summed E-state index contributed by atoms with van der Waals surface area (Å²) in [4.78, 5) is 13.8. The van der Waals surface area contributed by atoms with Gasteiger partial charge in [0.1, 0.15) is 11.5 Å². The Morgan fingerprint density at radius 3 is 2.19 bits per heavy atom. The van der Waals surface area contributed by atoms with Crippen LogP contribution in [0.5, 0.6) is 0 Å². The van der Waals surface area contributed by atoms with Crippen molar-refractivity contribution in [3.63, 3.8) is 0 Å². The van der Waals surface area contributed by atoms with E-state index in [1.54, 1.807) is 6.20 Å². The van der Waals surface area contributed by atoms with Crippen molar-refractivity contribution >= 4 is 5.82 Å². The second kappa shape index (κ2) is 8.23. The van der Waals surface area contributed by atoms with Gasteiger partial charge in [0, 0.05) is 24.4 Å². The molecule has 1 N–H and O–H groups in total. The van der Waals surface area contributed by atoms with Crippen LogP contribution in [-0.2, 0) is 6.42 Å². The molecule has 27 heavy (non-hydrogen) atoms. The molecule has 2 aromatic heterocycles. The Balaban J connectivity index is 1.62. The van der Waals surface area contributed by atoms with Crippen LogP contribution in [0.25, 0.3) is 22.8 Å². The lowest BCUT2D eigenvalue weighted by atomic mass is 10.1. The van der Waals surface area contributed by atoms with Crippen LogP contribution >= 0.6 is 0 Å². The summed E-state index contributed by atoms with van der Waals surface area (Å²) in [5.74, 6) is 1.43. The van der Waals surface area contributed by atoms with Gasteiger partial charge < -0.3 is 5.32 Å². The molecule has 0 aliphatic carbocycles. The maximum Gasteiger partial charge on any atom is 0.180 e. The Morgan fingerprint density at radius 2 is 1.44 bits per heavy atom. The zero-order valence-corrected chi connectivity index (χ0v) is 14.9. The van der Waals surface area contributed by atoms with Gasteiger partial charge in [0.05, 0.1) is 5.69 Å². The SMILES string of the molecule is c1ccc(CCNc2cc(-c3ccccc3)nc(-c3ccccn3)n2)cc1. The third kappa shape index (κ3) is 4.36. The third-order valence-corrected chi connectivity index (χ3v) is 4.25. The summed E-state index contributed by atoms with van der Waals surface area (Å²) in [6, 6.07) is 28.3. The average molecular weight is 352 g/mol. The number of benzene rings is 2. The number of rotatable bonds is 6. The zero-order valence-electron chi connectivity index (χ0n) is 14.9. The number of nitrogens with zero attached hydrogens (tertiary/aromatic N) is 3. The largest absolute Gasteiger partial charge is 0.370 e. The molecule has 0 unspecified atom stereocenters. The van der Waals surface area contributed by atoms with Gasteiger partial charge in [-0.25, -0.2) is 9.97 Å². The lowest BCUT2D eigenvalue weighted by Crippen LogP contribution is -2.08. The summed E-state index contributed by atoms with van der Waals surface area (Å²) >= 11 is 0. The Hall–Kier alpha value is -3.53. The standard InChI is InChI=1S/C23H20N4/c1-3-9-18(10-4-1)14-16-25-22-17-21(19-11-5-2-6-12-19)26-23(27-22)20-13-7-8-15-24-20/h1-13,15,17H,14,16H2,(H,25,26,27). The molecule has 0 saturated heterocycles. The summed E-state index contributed by atoms with van der Waals surface area (Å²) in [5.41, 5.74) is 4.00. The first-order valence-electron chi connectivity index (χ1n) is 9.02. The van der Waals surface area contributed by atoms with Gasteiger partial charge in [-0.15, -0.1) is 0 Å². The van der Waals surface area contributed by atoms with Crippen molar-refractivity contribution in [2.24, 2.45) is 0 Å². The van der Waals surface area contributed by atoms with Crippen LogP contribution in [0, 0.1) is 0 Å². The molecule has 132 valence electrons. The number of nitrogens with one attached hydrogen (secondary N) is 1. The van der Waals surface area contributed by atoms with Crippen molar-refractivity contribution in [3.8, 4) is 22.8 Å².